The normalized spacial score (nSPS) is 11.3. The predicted molar refractivity (Wildman–Crippen MR) is 121 cm³/mol. The summed E-state index contributed by atoms with van der Waals surface area (Å²) in [5, 5.41) is 9.63. The number of carbonyl (C=O) groups excluding carboxylic acids is 1. The van der Waals surface area contributed by atoms with E-state index in [1.807, 2.05) is 70.2 Å². The van der Waals surface area contributed by atoms with Crippen molar-refractivity contribution in [2.45, 2.75) is 40.3 Å². The number of aryl methyl sites for hydroxylation is 2. The van der Waals surface area contributed by atoms with Gasteiger partial charge in [0.15, 0.2) is 0 Å². The van der Waals surface area contributed by atoms with Crippen molar-refractivity contribution in [3.8, 4) is 11.5 Å². The zero-order chi connectivity index (χ0) is 22.1. The lowest BCUT2D eigenvalue weighted by Crippen LogP contribution is -2.36. The van der Waals surface area contributed by atoms with Gasteiger partial charge in [-0.25, -0.2) is 0 Å². The molecule has 0 aliphatic carbocycles. The fourth-order valence-electron chi connectivity index (χ4n) is 3.50. The summed E-state index contributed by atoms with van der Waals surface area (Å²) in [5.74, 6) is 0.578. The minimum atomic E-state index is -0.103. The van der Waals surface area contributed by atoms with E-state index < -0.39 is 0 Å². The van der Waals surface area contributed by atoms with Gasteiger partial charge >= 0.3 is 0 Å². The van der Waals surface area contributed by atoms with Crippen LogP contribution in [0.25, 0.3) is 22.4 Å². The number of nitrogens with zero attached hydrogens (tertiary/aromatic N) is 4. The Hall–Kier alpha value is -3.25. The van der Waals surface area contributed by atoms with Crippen molar-refractivity contribution in [2.75, 3.05) is 0 Å². The predicted octanol–water partition coefficient (Wildman–Crippen LogP) is 5.61. The molecule has 0 aliphatic rings. The van der Waals surface area contributed by atoms with Crippen LogP contribution in [-0.2, 0) is 6.54 Å². The van der Waals surface area contributed by atoms with Crippen LogP contribution in [0.4, 0.5) is 0 Å². The van der Waals surface area contributed by atoms with E-state index >= 15 is 0 Å². The Morgan fingerprint density at radius 2 is 1.87 bits per heavy atom. The largest absolute Gasteiger partial charge is 0.419 e. The van der Waals surface area contributed by atoms with Crippen LogP contribution in [0.3, 0.4) is 0 Å². The summed E-state index contributed by atoms with van der Waals surface area (Å²) >= 11 is 6.24. The van der Waals surface area contributed by atoms with Crippen molar-refractivity contribution < 1.29 is 9.21 Å². The first-order valence-electron chi connectivity index (χ1n) is 10.1. The van der Waals surface area contributed by atoms with Crippen LogP contribution in [0.15, 0.2) is 52.9 Å². The average Bonchev–Trinajstić information content (AvgIpc) is 3.20. The Kier molecular flexibility index (Phi) is 5.74. The number of carbonyl (C=O) groups is 1. The Bertz CT molecular complexity index is 1270. The fraction of sp³-hybridized carbons (Fsp3) is 0.250. The van der Waals surface area contributed by atoms with Gasteiger partial charge in [-0.2, -0.15) is 0 Å². The maximum absolute atomic E-state index is 13.6. The lowest BCUT2D eigenvalue weighted by molar-refractivity contribution is 0.0674. The second-order valence-electron chi connectivity index (χ2n) is 7.84. The van der Waals surface area contributed by atoms with Gasteiger partial charge in [-0.3, -0.25) is 9.78 Å². The molecule has 0 unspecified atom stereocenters. The van der Waals surface area contributed by atoms with E-state index in [1.54, 1.807) is 11.0 Å². The zero-order valence-electron chi connectivity index (χ0n) is 17.9. The lowest BCUT2D eigenvalue weighted by Gasteiger charge is -2.26. The van der Waals surface area contributed by atoms with Crippen molar-refractivity contribution in [2.24, 2.45) is 0 Å². The number of aromatic nitrogens is 3. The molecule has 0 fully saturated rings. The van der Waals surface area contributed by atoms with Crippen LogP contribution in [0.5, 0.6) is 0 Å². The molecular formula is C24H23ClN4O2. The van der Waals surface area contributed by atoms with E-state index in [2.05, 4.69) is 15.2 Å². The van der Waals surface area contributed by atoms with Gasteiger partial charge in [-0.1, -0.05) is 35.4 Å². The summed E-state index contributed by atoms with van der Waals surface area (Å²) in [7, 11) is 0. The van der Waals surface area contributed by atoms with Gasteiger partial charge in [0, 0.05) is 17.1 Å². The molecule has 2 aromatic carbocycles. The Morgan fingerprint density at radius 1 is 1.10 bits per heavy atom. The number of benzene rings is 2. The highest BCUT2D eigenvalue weighted by Gasteiger charge is 2.24. The standard InChI is InChI=1S/C24H23ClN4O2/c1-14(2)29(13-22-27-28-23(31-22)17-7-5-6-8-20(17)25)24(30)19-12-16(4)26-21-10-9-15(3)11-18(19)21/h5-12,14H,13H2,1-4H3. The molecule has 6 nitrogen and oxygen atoms in total. The summed E-state index contributed by atoms with van der Waals surface area (Å²) in [4.78, 5) is 19.9. The SMILES string of the molecule is Cc1ccc2nc(C)cc(C(=O)N(Cc3nnc(-c4ccccc4Cl)o3)C(C)C)c2c1. The first-order valence-corrected chi connectivity index (χ1v) is 10.5. The molecule has 2 aromatic heterocycles. The summed E-state index contributed by atoms with van der Waals surface area (Å²) in [6, 6.07) is 15.0. The molecule has 0 saturated heterocycles. The third-order valence-corrected chi connectivity index (χ3v) is 5.41. The quantitative estimate of drug-likeness (QED) is 0.408. The van der Waals surface area contributed by atoms with Crippen LogP contribution >= 0.6 is 11.6 Å². The topological polar surface area (TPSA) is 72.1 Å². The molecule has 4 aromatic rings. The monoisotopic (exact) mass is 434 g/mol. The number of hydrogen-bond acceptors (Lipinski definition) is 5. The molecule has 4 rings (SSSR count). The molecule has 0 spiro atoms. The van der Waals surface area contributed by atoms with Crippen LogP contribution in [0.1, 0.15) is 41.4 Å². The molecule has 0 saturated carbocycles. The highest BCUT2D eigenvalue weighted by Crippen LogP contribution is 2.27. The summed E-state index contributed by atoms with van der Waals surface area (Å²) in [5.41, 5.74) is 3.95. The van der Waals surface area contributed by atoms with Crippen LogP contribution < -0.4 is 0 Å². The van der Waals surface area contributed by atoms with Crippen molar-refractivity contribution in [3.63, 3.8) is 0 Å². The summed E-state index contributed by atoms with van der Waals surface area (Å²) in [6.45, 7) is 8.02. The molecule has 0 aliphatic heterocycles. The summed E-state index contributed by atoms with van der Waals surface area (Å²) < 4.78 is 5.83. The van der Waals surface area contributed by atoms with E-state index in [1.165, 1.54) is 0 Å². The van der Waals surface area contributed by atoms with Gasteiger partial charge in [0.1, 0.15) is 0 Å². The van der Waals surface area contributed by atoms with Gasteiger partial charge in [0.25, 0.3) is 5.91 Å². The van der Waals surface area contributed by atoms with Crippen LogP contribution in [0, 0.1) is 13.8 Å². The summed E-state index contributed by atoms with van der Waals surface area (Å²) in [6.07, 6.45) is 0. The zero-order valence-corrected chi connectivity index (χ0v) is 18.6. The molecule has 158 valence electrons. The molecule has 7 heteroatoms. The highest BCUT2D eigenvalue weighted by molar-refractivity contribution is 6.33. The van der Waals surface area contributed by atoms with E-state index in [9.17, 15) is 4.79 Å². The fourth-order valence-corrected chi connectivity index (χ4v) is 3.72. The van der Waals surface area contributed by atoms with Crippen LogP contribution in [0.2, 0.25) is 5.02 Å². The second-order valence-corrected chi connectivity index (χ2v) is 8.25. The van der Waals surface area contributed by atoms with Crippen molar-refractivity contribution in [1.82, 2.24) is 20.1 Å². The Labute approximate surface area is 185 Å². The minimum absolute atomic E-state index is 0.0727. The number of hydrogen-bond donors (Lipinski definition) is 0. The lowest BCUT2D eigenvalue weighted by atomic mass is 10.0. The molecule has 1 amide bonds. The minimum Gasteiger partial charge on any atom is -0.419 e. The Balaban J connectivity index is 1.68. The van der Waals surface area contributed by atoms with Crippen LogP contribution in [-0.4, -0.2) is 32.0 Å². The van der Waals surface area contributed by atoms with Crippen molar-refractivity contribution in [1.29, 1.82) is 0 Å². The molecule has 0 bridgehead atoms. The van der Waals surface area contributed by atoms with Gasteiger partial charge in [-0.05, 0) is 58.0 Å². The molecule has 31 heavy (non-hydrogen) atoms. The molecular weight excluding hydrogens is 412 g/mol. The highest BCUT2D eigenvalue weighted by atomic mass is 35.5. The molecule has 0 radical (unpaired) electrons. The van der Waals surface area contributed by atoms with E-state index in [0.717, 1.165) is 22.2 Å². The van der Waals surface area contributed by atoms with Gasteiger partial charge in [-0.15, -0.1) is 10.2 Å². The number of halogens is 1. The number of pyridine rings is 1. The maximum Gasteiger partial charge on any atom is 0.255 e. The first-order chi connectivity index (χ1) is 14.8. The third-order valence-electron chi connectivity index (χ3n) is 5.08. The third kappa shape index (κ3) is 4.30. The van der Waals surface area contributed by atoms with E-state index in [-0.39, 0.29) is 18.5 Å². The van der Waals surface area contributed by atoms with Crippen molar-refractivity contribution >= 4 is 28.4 Å². The second kappa shape index (κ2) is 8.47. The molecule has 0 N–H and O–H groups in total. The smallest absolute Gasteiger partial charge is 0.255 e. The first kappa shape index (κ1) is 21.0. The number of fused-ring (bicyclic) bond motifs is 1. The Morgan fingerprint density at radius 3 is 2.61 bits per heavy atom. The van der Waals surface area contributed by atoms with E-state index in [0.29, 0.717) is 27.9 Å². The molecule has 0 atom stereocenters. The molecule has 2 heterocycles. The number of amides is 1. The van der Waals surface area contributed by atoms with Gasteiger partial charge in [0.2, 0.25) is 11.8 Å². The van der Waals surface area contributed by atoms with E-state index in [4.69, 9.17) is 16.0 Å². The van der Waals surface area contributed by atoms with Crippen molar-refractivity contribution in [3.05, 3.63) is 76.3 Å². The average molecular weight is 435 g/mol. The van der Waals surface area contributed by atoms with Gasteiger partial charge < -0.3 is 9.32 Å². The van der Waals surface area contributed by atoms with Gasteiger partial charge in [0.05, 0.1) is 28.2 Å². The number of rotatable bonds is 5. The maximum atomic E-state index is 13.6.